The fourth-order valence-electron chi connectivity index (χ4n) is 4.92. The van der Waals surface area contributed by atoms with E-state index in [-0.39, 0.29) is 11.6 Å². The lowest BCUT2D eigenvalue weighted by atomic mass is 10.1. The van der Waals surface area contributed by atoms with Gasteiger partial charge in [0.25, 0.3) is 11.8 Å². The lowest BCUT2D eigenvalue weighted by molar-refractivity contribution is -0.116. The van der Waals surface area contributed by atoms with Crippen LogP contribution in [0.4, 0.5) is 10.8 Å². The Morgan fingerprint density at radius 3 is 2.14 bits per heavy atom. The summed E-state index contributed by atoms with van der Waals surface area (Å²) < 4.78 is 6.14. The van der Waals surface area contributed by atoms with Crippen molar-refractivity contribution in [3.8, 4) is 17.0 Å². The van der Waals surface area contributed by atoms with Gasteiger partial charge in [-0.15, -0.1) is 23.1 Å². The van der Waals surface area contributed by atoms with Crippen LogP contribution in [-0.4, -0.2) is 29.8 Å². The number of nitrogens with one attached hydrogen (secondary N) is 3. The number of nitrogens with zero attached hydrogens (tertiary/aromatic N) is 1. The van der Waals surface area contributed by atoms with Crippen LogP contribution < -0.4 is 20.7 Å². The first-order valence-corrected chi connectivity index (χ1v) is 18.3. The molecule has 51 heavy (non-hydrogen) atoms. The second kappa shape index (κ2) is 16.9. The van der Waals surface area contributed by atoms with Crippen molar-refractivity contribution in [2.24, 2.45) is 0 Å². The van der Waals surface area contributed by atoms with Crippen LogP contribution >= 0.6 is 39.0 Å². The minimum absolute atomic E-state index is 0.0859. The van der Waals surface area contributed by atoms with Crippen LogP contribution in [0.25, 0.3) is 17.3 Å². The number of thioether (sulfide) groups is 1. The Morgan fingerprint density at radius 1 is 0.804 bits per heavy atom. The van der Waals surface area contributed by atoms with Gasteiger partial charge in [-0.2, -0.15) is 0 Å². The molecular formula is C40H31BrN4O4S2. The van der Waals surface area contributed by atoms with Gasteiger partial charge in [0.1, 0.15) is 16.7 Å². The highest BCUT2D eigenvalue weighted by molar-refractivity contribution is 9.10. The number of carbonyl (C=O) groups is 3. The number of ether oxygens (including phenoxy) is 1. The fourth-order valence-corrected chi connectivity index (χ4v) is 6.93. The molecule has 0 aliphatic carbocycles. The lowest BCUT2D eigenvalue weighted by Gasteiger charge is -2.17. The van der Waals surface area contributed by atoms with Crippen LogP contribution in [0, 0.1) is 0 Å². The van der Waals surface area contributed by atoms with Crippen molar-refractivity contribution in [3.63, 3.8) is 0 Å². The van der Waals surface area contributed by atoms with E-state index in [1.54, 1.807) is 49.6 Å². The predicted octanol–water partition coefficient (Wildman–Crippen LogP) is 9.46. The summed E-state index contributed by atoms with van der Waals surface area (Å²) in [6, 6.07) is 40.4. The Hall–Kier alpha value is -5.49. The number of hydrogen-bond donors (Lipinski definition) is 3. The first kappa shape index (κ1) is 35.3. The molecule has 6 aromatic rings. The van der Waals surface area contributed by atoms with Gasteiger partial charge in [-0.25, -0.2) is 4.98 Å². The fraction of sp³-hybridized carbons (Fsp3) is 0.0500. The number of hydrogen-bond acceptors (Lipinski definition) is 7. The third kappa shape index (κ3) is 9.61. The van der Waals surface area contributed by atoms with Gasteiger partial charge in [-0.05, 0) is 90.0 Å². The van der Waals surface area contributed by atoms with E-state index in [9.17, 15) is 14.4 Å². The van der Waals surface area contributed by atoms with Crippen molar-refractivity contribution in [2.45, 2.75) is 10.1 Å². The van der Waals surface area contributed by atoms with E-state index in [2.05, 4.69) is 36.9 Å². The molecule has 254 valence electrons. The zero-order valence-corrected chi connectivity index (χ0v) is 30.4. The zero-order chi connectivity index (χ0) is 35.6. The van der Waals surface area contributed by atoms with E-state index in [0.29, 0.717) is 16.4 Å². The van der Waals surface area contributed by atoms with E-state index in [4.69, 9.17) is 4.74 Å². The number of anilines is 2. The van der Waals surface area contributed by atoms with E-state index in [0.717, 1.165) is 37.5 Å². The van der Waals surface area contributed by atoms with E-state index >= 15 is 0 Å². The molecule has 0 aliphatic heterocycles. The van der Waals surface area contributed by atoms with Gasteiger partial charge < -0.3 is 20.7 Å². The third-order valence-electron chi connectivity index (χ3n) is 7.54. The predicted molar refractivity (Wildman–Crippen MR) is 209 cm³/mol. The number of rotatable bonds is 12. The Bertz CT molecular complexity index is 2140. The van der Waals surface area contributed by atoms with Crippen LogP contribution in [0.5, 0.6) is 5.75 Å². The molecule has 0 aliphatic rings. The van der Waals surface area contributed by atoms with Gasteiger partial charge in [0.2, 0.25) is 5.91 Å². The molecule has 0 saturated heterocycles. The van der Waals surface area contributed by atoms with Crippen molar-refractivity contribution >= 4 is 73.6 Å². The quantitative estimate of drug-likeness (QED) is 0.0845. The number of halogens is 1. The Morgan fingerprint density at radius 2 is 1.47 bits per heavy atom. The van der Waals surface area contributed by atoms with Gasteiger partial charge in [0.05, 0.1) is 12.8 Å². The number of benzene rings is 5. The SMILES string of the molecule is COc1ccc(-c2csc(NC(=O)C(Sc3ccc(NC(=O)/C(=C/c4ccc(Br)cc4)NC(=O)c4ccccc4)cc3)c3ccccc3)n2)cc1. The summed E-state index contributed by atoms with van der Waals surface area (Å²) in [5.74, 6) is -0.343. The molecule has 3 N–H and O–H groups in total. The molecule has 8 nitrogen and oxygen atoms in total. The highest BCUT2D eigenvalue weighted by Gasteiger charge is 2.24. The van der Waals surface area contributed by atoms with E-state index in [1.807, 2.05) is 102 Å². The number of thiazole rings is 1. The molecule has 0 spiro atoms. The molecular weight excluding hydrogens is 745 g/mol. The van der Waals surface area contributed by atoms with Gasteiger partial charge in [-0.1, -0.05) is 76.6 Å². The van der Waals surface area contributed by atoms with Gasteiger partial charge >= 0.3 is 0 Å². The second-order valence-electron chi connectivity index (χ2n) is 11.1. The average molecular weight is 776 g/mol. The van der Waals surface area contributed by atoms with Gasteiger partial charge in [-0.3, -0.25) is 14.4 Å². The summed E-state index contributed by atoms with van der Waals surface area (Å²) in [6.07, 6.45) is 1.62. The smallest absolute Gasteiger partial charge is 0.272 e. The summed E-state index contributed by atoms with van der Waals surface area (Å²) in [5.41, 5.74) is 4.29. The zero-order valence-electron chi connectivity index (χ0n) is 27.2. The first-order chi connectivity index (χ1) is 24.8. The Labute approximate surface area is 312 Å². The first-order valence-electron chi connectivity index (χ1n) is 15.7. The maximum absolute atomic E-state index is 13.7. The van der Waals surface area contributed by atoms with Crippen molar-refractivity contribution < 1.29 is 19.1 Å². The van der Waals surface area contributed by atoms with Crippen LogP contribution in [0.1, 0.15) is 26.7 Å². The minimum atomic E-state index is -0.575. The Kier molecular flexibility index (Phi) is 11.7. The highest BCUT2D eigenvalue weighted by atomic mass is 79.9. The molecule has 0 fully saturated rings. The normalized spacial score (nSPS) is 11.7. The van der Waals surface area contributed by atoms with E-state index in [1.165, 1.54) is 23.1 Å². The van der Waals surface area contributed by atoms with Crippen LogP contribution in [0.2, 0.25) is 0 Å². The minimum Gasteiger partial charge on any atom is -0.497 e. The highest BCUT2D eigenvalue weighted by Crippen LogP contribution is 2.37. The summed E-state index contributed by atoms with van der Waals surface area (Å²) in [5, 5.41) is 10.5. The molecule has 1 atom stereocenters. The van der Waals surface area contributed by atoms with Gasteiger partial charge in [0, 0.05) is 31.6 Å². The number of methoxy groups -OCH3 is 1. The molecule has 11 heteroatoms. The number of aromatic nitrogens is 1. The van der Waals surface area contributed by atoms with Gasteiger partial charge in [0.15, 0.2) is 5.13 Å². The molecule has 0 bridgehead atoms. The molecule has 0 saturated carbocycles. The third-order valence-corrected chi connectivity index (χ3v) is 10.1. The summed E-state index contributed by atoms with van der Waals surface area (Å²) in [6.45, 7) is 0. The summed E-state index contributed by atoms with van der Waals surface area (Å²) >= 11 is 6.17. The largest absolute Gasteiger partial charge is 0.497 e. The molecule has 1 unspecified atom stereocenters. The number of carbonyl (C=O) groups excluding carboxylic acids is 3. The van der Waals surface area contributed by atoms with Crippen LogP contribution in [-0.2, 0) is 9.59 Å². The van der Waals surface area contributed by atoms with E-state index < -0.39 is 17.1 Å². The van der Waals surface area contributed by atoms with Crippen molar-refractivity contribution in [1.82, 2.24) is 10.3 Å². The molecule has 1 aromatic heterocycles. The van der Waals surface area contributed by atoms with Crippen LogP contribution in [0.15, 0.2) is 154 Å². The summed E-state index contributed by atoms with van der Waals surface area (Å²) in [7, 11) is 1.62. The molecule has 6 rings (SSSR count). The standard InChI is InChI=1S/C40H31BrN4O4S2/c1-49-32-20-14-27(15-21-32)35-25-50-40(44-35)45-39(48)36(28-8-4-2-5-9-28)51-33-22-18-31(19-23-33)42-38(47)34(24-26-12-16-30(41)17-13-26)43-37(46)29-10-6-3-7-11-29/h2-25,36H,1H3,(H,42,47)(H,43,46)(H,44,45,48)/b34-24-. The monoisotopic (exact) mass is 774 g/mol. The second-order valence-corrected chi connectivity index (χ2v) is 14.0. The molecule has 1 heterocycles. The average Bonchev–Trinajstić information content (AvgIpc) is 3.64. The Balaban J connectivity index is 1.16. The lowest BCUT2D eigenvalue weighted by Crippen LogP contribution is -2.30. The molecule has 5 aromatic carbocycles. The topological polar surface area (TPSA) is 109 Å². The van der Waals surface area contributed by atoms with Crippen molar-refractivity contribution in [2.75, 3.05) is 17.7 Å². The van der Waals surface area contributed by atoms with Crippen molar-refractivity contribution in [1.29, 1.82) is 0 Å². The van der Waals surface area contributed by atoms with Crippen molar-refractivity contribution in [3.05, 3.63) is 166 Å². The molecule has 3 amide bonds. The van der Waals surface area contributed by atoms with Crippen LogP contribution in [0.3, 0.4) is 0 Å². The molecule has 0 radical (unpaired) electrons. The maximum atomic E-state index is 13.7. The number of amides is 3. The maximum Gasteiger partial charge on any atom is 0.272 e. The summed E-state index contributed by atoms with van der Waals surface area (Å²) in [4.78, 5) is 45.7.